The van der Waals surface area contributed by atoms with Crippen molar-refractivity contribution in [3.8, 4) is 0 Å². The van der Waals surface area contributed by atoms with Crippen molar-refractivity contribution in [3.63, 3.8) is 0 Å². The lowest BCUT2D eigenvalue weighted by Gasteiger charge is -2.33. The number of hydrogen-bond donors (Lipinski definition) is 3. The van der Waals surface area contributed by atoms with Crippen LogP contribution in [0.1, 0.15) is 68.0 Å². The largest absolute Gasteiger partial charge is 0.325 e. The topological polar surface area (TPSA) is 129 Å². The molecule has 35 heavy (non-hydrogen) atoms. The van der Waals surface area contributed by atoms with E-state index in [1.54, 1.807) is 4.52 Å². The van der Waals surface area contributed by atoms with Crippen LogP contribution in [-0.4, -0.2) is 53.0 Å². The Morgan fingerprint density at radius 2 is 2.09 bits per heavy atom. The third-order valence-electron chi connectivity index (χ3n) is 7.20. The van der Waals surface area contributed by atoms with Crippen molar-refractivity contribution < 1.29 is 4.79 Å². The summed E-state index contributed by atoms with van der Waals surface area (Å²) in [7, 11) is 0. The Morgan fingerprint density at radius 3 is 2.91 bits per heavy atom. The zero-order chi connectivity index (χ0) is 23.6. The van der Waals surface area contributed by atoms with Crippen LogP contribution in [0.15, 0.2) is 24.4 Å². The molecule has 0 unspecified atom stereocenters. The van der Waals surface area contributed by atoms with Gasteiger partial charge >= 0.3 is 0 Å². The molecule has 0 radical (unpaired) electrons. The van der Waals surface area contributed by atoms with Gasteiger partial charge in [0.2, 0.25) is 11.1 Å². The maximum Gasteiger partial charge on any atom is 0.251 e. The average Bonchev–Trinajstić information content (AvgIpc) is 3.66. The smallest absolute Gasteiger partial charge is 0.251 e. The van der Waals surface area contributed by atoms with Crippen LogP contribution in [0.3, 0.4) is 0 Å². The van der Waals surface area contributed by atoms with E-state index in [1.165, 1.54) is 24.2 Å². The Balaban J connectivity index is 1.17. The molecule has 5 heterocycles. The number of nitrogens with one attached hydrogen (secondary N) is 3. The van der Waals surface area contributed by atoms with Crippen molar-refractivity contribution in [3.05, 3.63) is 35.1 Å². The number of fused-ring (bicyclic) bond motifs is 1. The highest BCUT2D eigenvalue weighted by Crippen LogP contribution is 2.43. The number of hydrogen-bond acceptors (Lipinski definition) is 9. The maximum atomic E-state index is 13.5. The molecule has 1 atom stereocenters. The number of aromatic nitrogens is 7. The summed E-state index contributed by atoms with van der Waals surface area (Å²) in [6.45, 7) is 2.64. The van der Waals surface area contributed by atoms with Gasteiger partial charge in [0.15, 0.2) is 11.6 Å². The summed E-state index contributed by atoms with van der Waals surface area (Å²) in [6, 6.07) is 5.94. The zero-order valence-corrected chi connectivity index (χ0v) is 20.2. The fourth-order valence-electron chi connectivity index (χ4n) is 4.79. The standard InChI is InChI=1S/C23H26N10OS/c1-23(20(34)26-22-30-29-19(35-22)14-7-8-14)9-3-10-32(23)21-25-18(16-4-2-11-33(16)31-21)24-17-12-15(27-28-17)13-5-6-13/h2,4,11-14H,3,5-10H2,1H3,(H,26,30,34)(H2,24,25,27,28,31)/t23-/m0/s1. The normalized spacial score (nSPS) is 22.1. The minimum atomic E-state index is -0.797. The molecular weight excluding hydrogens is 464 g/mol. The number of amides is 1. The predicted molar refractivity (Wildman–Crippen MR) is 132 cm³/mol. The molecule has 4 aromatic heterocycles. The van der Waals surface area contributed by atoms with Crippen molar-refractivity contribution in [1.29, 1.82) is 0 Å². The van der Waals surface area contributed by atoms with Gasteiger partial charge in [0.1, 0.15) is 16.1 Å². The summed E-state index contributed by atoms with van der Waals surface area (Å²) in [5, 5.41) is 28.7. The third kappa shape index (κ3) is 3.72. The van der Waals surface area contributed by atoms with E-state index in [9.17, 15) is 4.79 Å². The number of carbonyl (C=O) groups is 1. The molecule has 180 valence electrons. The Kier molecular flexibility index (Phi) is 4.60. The van der Waals surface area contributed by atoms with Gasteiger partial charge in [-0.25, -0.2) is 4.52 Å². The van der Waals surface area contributed by atoms with Crippen molar-refractivity contribution in [1.82, 2.24) is 35.0 Å². The molecule has 3 N–H and O–H groups in total. The van der Waals surface area contributed by atoms with Gasteiger partial charge < -0.3 is 10.2 Å². The summed E-state index contributed by atoms with van der Waals surface area (Å²) < 4.78 is 1.79. The van der Waals surface area contributed by atoms with Gasteiger partial charge in [-0.15, -0.1) is 15.3 Å². The number of nitrogens with zero attached hydrogens (tertiary/aromatic N) is 7. The van der Waals surface area contributed by atoms with Crippen LogP contribution in [0, 0.1) is 0 Å². The molecular formula is C23H26N10OS. The van der Waals surface area contributed by atoms with Gasteiger partial charge in [0.25, 0.3) is 5.91 Å². The lowest BCUT2D eigenvalue weighted by atomic mass is 9.98. The second-order valence-corrected chi connectivity index (χ2v) is 10.9. The van der Waals surface area contributed by atoms with Gasteiger partial charge in [-0.1, -0.05) is 11.3 Å². The molecule has 4 aromatic rings. The third-order valence-corrected chi connectivity index (χ3v) is 8.20. The lowest BCUT2D eigenvalue weighted by Crippen LogP contribution is -2.51. The highest BCUT2D eigenvalue weighted by molar-refractivity contribution is 7.15. The Morgan fingerprint density at radius 1 is 1.23 bits per heavy atom. The molecule has 3 aliphatic rings. The van der Waals surface area contributed by atoms with Crippen LogP contribution in [0.4, 0.5) is 22.7 Å². The molecule has 2 saturated carbocycles. The second-order valence-electron chi connectivity index (χ2n) is 9.91. The Labute approximate surface area is 205 Å². The van der Waals surface area contributed by atoms with Crippen molar-refractivity contribution in [2.75, 3.05) is 22.1 Å². The average molecular weight is 491 g/mol. The SMILES string of the molecule is C[C@@]1(C(=O)Nc2nnc(C3CC3)s2)CCCN1c1nc(Nc2cc(C3CC3)[nH]n2)c2cccn2n1. The van der Waals surface area contributed by atoms with E-state index in [0.717, 1.165) is 41.3 Å². The first kappa shape index (κ1) is 20.8. The summed E-state index contributed by atoms with van der Waals surface area (Å²) in [6.07, 6.45) is 8.18. The first-order valence-corrected chi connectivity index (χ1v) is 13.0. The molecule has 1 aliphatic heterocycles. The molecule has 2 aliphatic carbocycles. The molecule has 3 fully saturated rings. The maximum absolute atomic E-state index is 13.5. The molecule has 12 heteroatoms. The van der Waals surface area contributed by atoms with Crippen molar-refractivity contribution >= 4 is 45.5 Å². The molecule has 0 spiro atoms. The van der Waals surface area contributed by atoms with Gasteiger partial charge in [0.05, 0.1) is 0 Å². The first-order chi connectivity index (χ1) is 17.1. The fraction of sp³-hybridized carbons (Fsp3) is 0.478. The molecule has 11 nitrogen and oxygen atoms in total. The van der Waals surface area contributed by atoms with Crippen LogP contribution in [-0.2, 0) is 4.79 Å². The molecule has 0 bridgehead atoms. The van der Waals surface area contributed by atoms with Crippen molar-refractivity contribution in [2.24, 2.45) is 0 Å². The van der Waals surface area contributed by atoms with E-state index >= 15 is 0 Å². The number of rotatable bonds is 7. The second kappa shape index (κ2) is 7.74. The van der Waals surface area contributed by atoms with E-state index in [0.29, 0.717) is 41.7 Å². The van der Waals surface area contributed by atoms with E-state index in [-0.39, 0.29) is 5.91 Å². The number of anilines is 4. The van der Waals surface area contributed by atoms with E-state index in [4.69, 9.17) is 10.1 Å². The summed E-state index contributed by atoms with van der Waals surface area (Å²) in [5.74, 6) is 2.87. The van der Waals surface area contributed by atoms with Gasteiger partial charge in [0, 0.05) is 36.3 Å². The van der Waals surface area contributed by atoms with Crippen LogP contribution < -0.4 is 15.5 Å². The number of carbonyl (C=O) groups excluding carboxylic acids is 1. The number of H-pyrrole nitrogens is 1. The summed E-state index contributed by atoms with van der Waals surface area (Å²) >= 11 is 1.47. The minimum absolute atomic E-state index is 0.111. The van der Waals surface area contributed by atoms with Crippen LogP contribution in [0.2, 0.25) is 0 Å². The zero-order valence-electron chi connectivity index (χ0n) is 19.4. The minimum Gasteiger partial charge on any atom is -0.325 e. The van der Waals surface area contributed by atoms with Gasteiger partial charge in [-0.2, -0.15) is 10.1 Å². The van der Waals surface area contributed by atoms with Crippen LogP contribution in [0.5, 0.6) is 0 Å². The van der Waals surface area contributed by atoms with Crippen LogP contribution in [0.25, 0.3) is 5.52 Å². The monoisotopic (exact) mass is 490 g/mol. The number of aromatic amines is 1. The van der Waals surface area contributed by atoms with Crippen LogP contribution >= 0.6 is 11.3 Å². The molecule has 1 amide bonds. The highest BCUT2D eigenvalue weighted by atomic mass is 32.1. The summed E-state index contributed by atoms with van der Waals surface area (Å²) in [4.78, 5) is 20.3. The quantitative estimate of drug-likeness (QED) is 0.357. The predicted octanol–water partition coefficient (Wildman–Crippen LogP) is 3.80. The molecule has 0 aromatic carbocycles. The first-order valence-electron chi connectivity index (χ1n) is 12.2. The lowest BCUT2D eigenvalue weighted by molar-refractivity contribution is -0.120. The highest BCUT2D eigenvalue weighted by Gasteiger charge is 2.45. The van der Waals surface area contributed by atoms with E-state index < -0.39 is 5.54 Å². The fourth-order valence-corrected chi connectivity index (χ4v) is 5.69. The van der Waals surface area contributed by atoms with Crippen molar-refractivity contribution in [2.45, 2.75) is 62.8 Å². The van der Waals surface area contributed by atoms with Gasteiger partial charge in [-0.05, 0) is 57.6 Å². The Hall–Kier alpha value is -3.54. The Bertz CT molecular complexity index is 1420. The summed E-state index contributed by atoms with van der Waals surface area (Å²) in [5.41, 5.74) is 1.20. The van der Waals surface area contributed by atoms with E-state index in [2.05, 4.69) is 31.0 Å². The molecule has 7 rings (SSSR count). The van der Waals surface area contributed by atoms with E-state index in [1.807, 2.05) is 36.2 Å². The molecule has 1 saturated heterocycles. The van der Waals surface area contributed by atoms with Gasteiger partial charge in [-0.3, -0.25) is 15.2 Å².